The molecule has 0 atom stereocenters. The summed E-state index contributed by atoms with van der Waals surface area (Å²) in [6, 6.07) is 47.7. The Balaban J connectivity index is 1.24. The lowest BCUT2D eigenvalue weighted by atomic mass is 10.0. The van der Waals surface area contributed by atoms with Gasteiger partial charge >= 0.3 is 0 Å². The molecular weight excluding hydrogens is 530 g/mol. The minimum Gasteiger partial charge on any atom is -0.438 e. The molecule has 0 fully saturated rings. The highest BCUT2D eigenvalue weighted by Gasteiger charge is 2.20. The number of fused-ring (bicyclic) bond motifs is 7. The minimum atomic E-state index is 0.583. The standard InChI is InChI=1S/C38H23N3O2/c1-2-9-25-22-27(17-16-24(25)8-1)26-10-7-11-28(23-26)41(35-20-18-31-29-12-3-5-14-33(29)42-37(31)39-35)36-21-19-32-30-13-4-6-15-34(30)43-38(32)40-36/h1-23H. The first-order valence-electron chi connectivity index (χ1n) is 14.2. The Bertz CT molecular complexity index is 2380. The second kappa shape index (κ2) is 9.29. The van der Waals surface area contributed by atoms with E-state index in [2.05, 4.69) is 95.9 Å². The van der Waals surface area contributed by atoms with Gasteiger partial charge in [-0.1, -0.05) is 84.9 Å². The molecule has 0 aliphatic heterocycles. The van der Waals surface area contributed by atoms with Gasteiger partial charge in [0.15, 0.2) is 0 Å². The number of furan rings is 2. The third-order valence-corrected chi connectivity index (χ3v) is 8.10. The molecule has 0 radical (unpaired) electrons. The van der Waals surface area contributed by atoms with Crippen LogP contribution in [0.2, 0.25) is 0 Å². The molecule has 0 aliphatic carbocycles. The largest absolute Gasteiger partial charge is 0.438 e. The van der Waals surface area contributed by atoms with Gasteiger partial charge in [-0.2, -0.15) is 9.97 Å². The summed E-state index contributed by atoms with van der Waals surface area (Å²) >= 11 is 0. The van der Waals surface area contributed by atoms with Gasteiger partial charge in [0.1, 0.15) is 22.8 Å². The monoisotopic (exact) mass is 553 g/mol. The third kappa shape index (κ3) is 3.86. The molecule has 4 aromatic heterocycles. The van der Waals surface area contributed by atoms with Gasteiger partial charge in [0.2, 0.25) is 11.4 Å². The van der Waals surface area contributed by atoms with Crippen LogP contribution in [0.4, 0.5) is 17.3 Å². The van der Waals surface area contributed by atoms with Crippen molar-refractivity contribution in [3.63, 3.8) is 0 Å². The molecule has 0 unspecified atom stereocenters. The van der Waals surface area contributed by atoms with Crippen molar-refractivity contribution in [1.82, 2.24) is 9.97 Å². The maximum absolute atomic E-state index is 6.18. The van der Waals surface area contributed by atoms with Crippen LogP contribution in [0, 0.1) is 0 Å². The van der Waals surface area contributed by atoms with E-state index in [-0.39, 0.29) is 0 Å². The molecule has 0 spiro atoms. The summed E-state index contributed by atoms with van der Waals surface area (Å²) in [6.07, 6.45) is 0. The number of nitrogens with zero attached hydrogens (tertiary/aromatic N) is 3. The Morgan fingerprint density at radius 1 is 0.419 bits per heavy atom. The smallest absolute Gasteiger partial charge is 0.229 e. The summed E-state index contributed by atoms with van der Waals surface area (Å²) < 4.78 is 12.4. The number of aromatic nitrogens is 2. The van der Waals surface area contributed by atoms with Crippen LogP contribution in [0.3, 0.4) is 0 Å². The van der Waals surface area contributed by atoms with Crippen molar-refractivity contribution in [3.8, 4) is 11.1 Å². The molecule has 5 heteroatoms. The fraction of sp³-hybridized carbons (Fsp3) is 0. The molecule has 4 heterocycles. The Morgan fingerprint density at radius 2 is 1.00 bits per heavy atom. The molecule has 0 bridgehead atoms. The Morgan fingerprint density at radius 3 is 1.67 bits per heavy atom. The Labute approximate surface area is 246 Å². The molecule has 9 aromatic rings. The number of para-hydroxylation sites is 2. The zero-order valence-electron chi connectivity index (χ0n) is 22.9. The normalized spacial score (nSPS) is 11.7. The highest BCUT2D eigenvalue weighted by molar-refractivity contribution is 6.05. The van der Waals surface area contributed by atoms with Crippen molar-refractivity contribution in [2.75, 3.05) is 4.90 Å². The molecule has 5 aromatic carbocycles. The molecule has 9 rings (SSSR count). The Kier molecular flexibility index (Phi) is 5.13. The van der Waals surface area contributed by atoms with Crippen LogP contribution in [0.5, 0.6) is 0 Å². The summed E-state index contributed by atoms with van der Waals surface area (Å²) in [5.74, 6) is 1.40. The summed E-state index contributed by atoms with van der Waals surface area (Å²) in [4.78, 5) is 12.1. The van der Waals surface area contributed by atoms with Gasteiger partial charge in [0, 0.05) is 27.2 Å². The first-order chi connectivity index (χ1) is 21.3. The average Bonchev–Trinajstić information content (AvgIpc) is 3.62. The number of anilines is 3. The number of benzene rings is 5. The van der Waals surface area contributed by atoms with Crippen LogP contribution in [0.25, 0.3) is 66.0 Å². The number of hydrogen-bond donors (Lipinski definition) is 0. The van der Waals surface area contributed by atoms with Crippen molar-refractivity contribution in [1.29, 1.82) is 0 Å². The van der Waals surface area contributed by atoms with Crippen molar-refractivity contribution >= 4 is 72.2 Å². The fourth-order valence-corrected chi connectivity index (χ4v) is 6.02. The van der Waals surface area contributed by atoms with E-state index in [0.29, 0.717) is 23.1 Å². The minimum absolute atomic E-state index is 0.583. The van der Waals surface area contributed by atoms with Gasteiger partial charge in [-0.15, -0.1) is 0 Å². The molecule has 0 aliphatic rings. The second-order valence-electron chi connectivity index (χ2n) is 10.7. The van der Waals surface area contributed by atoms with Crippen molar-refractivity contribution in [2.24, 2.45) is 0 Å². The van der Waals surface area contributed by atoms with Crippen LogP contribution in [0.1, 0.15) is 0 Å². The van der Waals surface area contributed by atoms with E-state index in [4.69, 9.17) is 18.8 Å². The maximum atomic E-state index is 6.18. The number of hydrogen-bond acceptors (Lipinski definition) is 5. The van der Waals surface area contributed by atoms with E-state index < -0.39 is 0 Å². The molecule has 202 valence electrons. The van der Waals surface area contributed by atoms with E-state index in [1.165, 1.54) is 10.8 Å². The topological polar surface area (TPSA) is 55.3 Å². The van der Waals surface area contributed by atoms with Gasteiger partial charge in [0.25, 0.3) is 0 Å². The van der Waals surface area contributed by atoms with Crippen LogP contribution >= 0.6 is 0 Å². The van der Waals surface area contributed by atoms with Gasteiger partial charge in [-0.25, -0.2) is 0 Å². The molecule has 0 amide bonds. The van der Waals surface area contributed by atoms with Gasteiger partial charge in [-0.05, 0) is 76.5 Å². The van der Waals surface area contributed by atoms with Gasteiger partial charge in [0.05, 0.1) is 0 Å². The number of pyridine rings is 2. The second-order valence-corrected chi connectivity index (χ2v) is 10.7. The first-order valence-corrected chi connectivity index (χ1v) is 14.2. The van der Waals surface area contributed by atoms with E-state index in [9.17, 15) is 0 Å². The zero-order valence-corrected chi connectivity index (χ0v) is 22.9. The van der Waals surface area contributed by atoms with E-state index in [1.807, 2.05) is 48.5 Å². The maximum Gasteiger partial charge on any atom is 0.229 e. The highest BCUT2D eigenvalue weighted by Crippen LogP contribution is 2.39. The summed E-state index contributed by atoms with van der Waals surface area (Å²) in [7, 11) is 0. The molecular formula is C38H23N3O2. The van der Waals surface area contributed by atoms with E-state index >= 15 is 0 Å². The third-order valence-electron chi connectivity index (χ3n) is 8.10. The summed E-state index contributed by atoms with van der Waals surface area (Å²) in [6.45, 7) is 0. The molecule has 5 nitrogen and oxygen atoms in total. The van der Waals surface area contributed by atoms with Crippen LogP contribution in [-0.4, -0.2) is 9.97 Å². The average molecular weight is 554 g/mol. The SMILES string of the molecule is c1cc(-c2ccc3ccccc3c2)cc(N(c2ccc3c(n2)oc2ccccc23)c2ccc3c(n2)oc2ccccc23)c1. The van der Waals surface area contributed by atoms with Crippen molar-refractivity contribution in [3.05, 3.63) is 140 Å². The lowest BCUT2D eigenvalue weighted by molar-refractivity contribution is 0.653. The van der Waals surface area contributed by atoms with E-state index in [0.717, 1.165) is 49.5 Å². The molecule has 0 saturated heterocycles. The zero-order chi connectivity index (χ0) is 28.3. The summed E-state index contributed by atoms with van der Waals surface area (Å²) in [5.41, 5.74) is 5.96. The van der Waals surface area contributed by atoms with Crippen LogP contribution in [-0.2, 0) is 0 Å². The quantitative estimate of drug-likeness (QED) is 0.217. The van der Waals surface area contributed by atoms with Gasteiger partial charge < -0.3 is 8.83 Å². The molecule has 0 saturated carbocycles. The van der Waals surface area contributed by atoms with Gasteiger partial charge in [-0.3, -0.25) is 4.90 Å². The van der Waals surface area contributed by atoms with Crippen molar-refractivity contribution < 1.29 is 8.83 Å². The van der Waals surface area contributed by atoms with E-state index in [1.54, 1.807) is 0 Å². The van der Waals surface area contributed by atoms with Crippen LogP contribution in [0.15, 0.2) is 148 Å². The molecule has 0 N–H and O–H groups in total. The lowest BCUT2D eigenvalue weighted by Crippen LogP contribution is -2.13. The lowest BCUT2D eigenvalue weighted by Gasteiger charge is -2.23. The van der Waals surface area contributed by atoms with Crippen LogP contribution < -0.4 is 4.90 Å². The fourth-order valence-electron chi connectivity index (χ4n) is 6.02. The first kappa shape index (κ1) is 23.7. The predicted octanol–water partition coefficient (Wildman–Crippen LogP) is 10.6. The molecule has 43 heavy (non-hydrogen) atoms. The predicted molar refractivity (Wildman–Crippen MR) is 174 cm³/mol. The van der Waals surface area contributed by atoms with Crippen molar-refractivity contribution in [2.45, 2.75) is 0 Å². The highest BCUT2D eigenvalue weighted by atomic mass is 16.3. The Hall–Kier alpha value is -5.94. The number of rotatable bonds is 4. The summed E-state index contributed by atoms with van der Waals surface area (Å²) in [5, 5.41) is 6.47.